The highest BCUT2D eigenvalue weighted by molar-refractivity contribution is 8.28. The Kier molecular flexibility index (Phi) is 3.28. The third-order valence-corrected chi connectivity index (χ3v) is 3.43. The van der Waals surface area contributed by atoms with Crippen molar-refractivity contribution in [1.82, 2.24) is 0 Å². The van der Waals surface area contributed by atoms with Gasteiger partial charge in [-0.1, -0.05) is 0 Å². The first-order valence-corrected chi connectivity index (χ1v) is 7.26. The Morgan fingerprint density at radius 2 is 1.67 bits per heavy atom. The number of nitrogens with zero attached hydrogens (tertiary/aromatic N) is 1. The van der Waals surface area contributed by atoms with Crippen LogP contribution in [0.3, 0.4) is 0 Å². The third kappa shape index (κ3) is 9.01. The maximum atomic E-state index is 9.81. The van der Waals surface area contributed by atoms with E-state index in [9.17, 15) is 8.42 Å². The first-order chi connectivity index (χ1) is 3.71. The Bertz CT molecular complexity index is 228. The zero-order chi connectivity index (χ0) is 7.71. The molecule has 0 bridgehead atoms. The second-order valence-electron chi connectivity index (χ2n) is 0.948. The monoisotopic (exact) mass is 231 g/mol. The highest BCUT2D eigenvalue weighted by atomic mass is 36.0. The van der Waals surface area contributed by atoms with Gasteiger partial charge in [0.05, 0.1) is 0 Å². The molecule has 0 radical (unpaired) electrons. The Balaban J connectivity index is 4.76. The van der Waals surface area contributed by atoms with Gasteiger partial charge in [-0.05, 0) is 33.7 Å². The van der Waals surface area contributed by atoms with Crippen molar-refractivity contribution in [2.75, 3.05) is 0 Å². The van der Waals surface area contributed by atoms with Crippen LogP contribution in [0, 0.1) is 0 Å². The molecule has 0 aromatic heterocycles. The molecule has 0 aromatic rings. The molecule has 9 heteroatoms. The molecule has 9 heavy (non-hydrogen) atoms. The van der Waals surface area contributed by atoms with Crippen molar-refractivity contribution in [1.29, 1.82) is 0 Å². The van der Waals surface area contributed by atoms with Gasteiger partial charge in [-0.3, -0.25) is 4.55 Å². The van der Waals surface area contributed by atoms with Crippen LogP contribution in [0.4, 0.5) is 0 Å². The highest BCUT2D eigenvalue weighted by Crippen LogP contribution is 2.65. The van der Waals surface area contributed by atoms with Crippen LogP contribution in [-0.4, -0.2) is 13.0 Å². The average molecular weight is 232 g/mol. The van der Waals surface area contributed by atoms with E-state index in [1.807, 2.05) is 0 Å². The summed E-state index contributed by atoms with van der Waals surface area (Å²) in [6, 6.07) is 0. The van der Waals surface area contributed by atoms with E-state index in [2.05, 4.69) is 4.15 Å². The van der Waals surface area contributed by atoms with Crippen LogP contribution in [0.15, 0.2) is 4.15 Å². The van der Waals surface area contributed by atoms with Crippen LogP contribution in [0.5, 0.6) is 0 Å². The fourth-order valence-corrected chi connectivity index (χ4v) is 3.16. The summed E-state index contributed by atoms with van der Waals surface area (Å²) >= 11 is 14.9. The van der Waals surface area contributed by atoms with Crippen molar-refractivity contribution in [3.63, 3.8) is 0 Å². The number of halogens is 3. The molecule has 0 aliphatic rings. The van der Waals surface area contributed by atoms with Crippen molar-refractivity contribution in [2.24, 2.45) is 4.15 Å². The molecule has 0 saturated heterocycles. The Morgan fingerprint density at radius 3 is 1.67 bits per heavy atom. The largest absolute Gasteiger partial charge is 0.380 e. The smallest absolute Gasteiger partial charge is 0.268 e. The minimum absolute atomic E-state index is 2.48. The Hall–Kier alpha value is 1.01. The van der Waals surface area contributed by atoms with Crippen LogP contribution < -0.4 is 0 Å². The maximum absolute atomic E-state index is 9.81. The second-order valence-corrected chi connectivity index (χ2v) is 9.29. The van der Waals surface area contributed by atoms with E-state index in [0.717, 1.165) is 0 Å². The summed E-state index contributed by atoms with van der Waals surface area (Å²) in [6.07, 6.45) is 0. The zero-order valence-corrected chi connectivity index (χ0v) is 7.68. The van der Waals surface area contributed by atoms with E-state index < -0.39 is 15.4 Å². The lowest BCUT2D eigenvalue weighted by Crippen LogP contribution is -1.87. The van der Waals surface area contributed by atoms with Gasteiger partial charge in [-0.25, -0.2) is 0 Å². The molecule has 4 nitrogen and oxygen atoms in total. The van der Waals surface area contributed by atoms with Gasteiger partial charge in [-0.2, -0.15) is 8.42 Å². The first kappa shape index (κ1) is 10.0. The lowest BCUT2D eigenvalue weighted by molar-refractivity contribution is 0.486. The van der Waals surface area contributed by atoms with Crippen LogP contribution >= 0.6 is 38.8 Å². The van der Waals surface area contributed by atoms with Crippen LogP contribution in [0.25, 0.3) is 0 Å². The molecular formula is HCl3NO3PS. The molecule has 0 unspecified atom stereocenters. The molecule has 0 aromatic carbocycles. The molecule has 56 valence electrons. The summed E-state index contributed by atoms with van der Waals surface area (Å²) in [5, 5.41) is -3.33. The Labute approximate surface area is 66.4 Å². The van der Waals surface area contributed by atoms with Crippen LogP contribution in [-0.2, 0) is 10.3 Å². The average Bonchev–Trinajstić information content (AvgIpc) is 1.14. The molecule has 0 saturated carbocycles. The number of hydrogen-bond donors (Lipinski definition) is 1. The molecule has 1 N–H and O–H groups in total. The van der Waals surface area contributed by atoms with E-state index >= 15 is 0 Å². The molecule has 0 aliphatic heterocycles. The van der Waals surface area contributed by atoms with Crippen LogP contribution in [0.2, 0.25) is 0 Å². The summed E-state index contributed by atoms with van der Waals surface area (Å²) < 4.78 is 30.0. The molecule has 0 fully saturated rings. The lowest BCUT2D eigenvalue weighted by atomic mass is 13.9. The minimum atomic E-state index is -4.50. The van der Waals surface area contributed by atoms with Crippen molar-refractivity contribution in [3.8, 4) is 0 Å². The predicted molar refractivity (Wildman–Crippen MR) is 38.5 cm³/mol. The summed E-state index contributed by atoms with van der Waals surface area (Å²) in [5.74, 6) is 0. The van der Waals surface area contributed by atoms with Crippen molar-refractivity contribution in [3.05, 3.63) is 0 Å². The summed E-state index contributed by atoms with van der Waals surface area (Å²) in [5.41, 5.74) is 0. The quantitative estimate of drug-likeness (QED) is 0.558. The number of hydrogen-bond acceptors (Lipinski definition) is 2. The van der Waals surface area contributed by atoms with Crippen molar-refractivity contribution < 1.29 is 13.0 Å². The van der Waals surface area contributed by atoms with E-state index in [1.165, 1.54) is 0 Å². The third-order valence-electron chi connectivity index (χ3n) is 0.196. The van der Waals surface area contributed by atoms with E-state index in [1.54, 1.807) is 0 Å². The summed E-state index contributed by atoms with van der Waals surface area (Å²) in [6.45, 7) is 0. The van der Waals surface area contributed by atoms with Gasteiger partial charge in [0.25, 0.3) is 0 Å². The molecule has 0 atom stereocenters. The SMILES string of the molecule is O=S(=O)(O)N=P(Cl)(Cl)Cl. The van der Waals surface area contributed by atoms with E-state index in [-0.39, 0.29) is 0 Å². The molecule has 0 heterocycles. The molecule has 0 rings (SSSR count). The van der Waals surface area contributed by atoms with Gasteiger partial charge in [0, 0.05) is 0 Å². The standard InChI is InChI=1S/Cl3HNO3PS/c1-8(2,3)4-9(5,6)7/h(H,5,6,7). The minimum Gasteiger partial charge on any atom is -0.268 e. The zero-order valence-electron chi connectivity index (χ0n) is 3.70. The fraction of sp³-hybridized carbons (Fsp3) is 0. The van der Waals surface area contributed by atoms with Gasteiger partial charge in [0.15, 0.2) is 0 Å². The van der Waals surface area contributed by atoms with E-state index in [0.29, 0.717) is 0 Å². The van der Waals surface area contributed by atoms with Gasteiger partial charge < -0.3 is 0 Å². The molecule has 0 amide bonds. The van der Waals surface area contributed by atoms with Crippen molar-refractivity contribution in [2.45, 2.75) is 0 Å². The van der Waals surface area contributed by atoms with Gasteiger partial charge in [0.1, 0.15) is 0 Å². The highest BCUT2D eigenvalue weighted by Gasteiger charge is 2.11. The summed E-state index contributed by atoms with van der Waals surface area (Å²) in [7, 11) is -4.50. The van der Waals surface area contributed by atoms with Gasteiger partial charge >= 0.3 is 10.3 Å². The normalized spacial score (nSPS) is 13.3. The van der Waals surface area contributed by atoms with Gasteiger partial charge in [0.2, 0.25) is 5.11 Å². The lowest BCUT2D eigenvalue weighted by Gasteiger charge is -1.91. The predicted octanol–water partition coefficient (Wildman–Crippen LogP) is 2.45. The number of rotatable bonds is 1. The van der Waals surface area contributed by atoms with E-state index in [4.69, 9.17) is 38.3 Å². The van der Waals surface area contributed by atoms with Crippen molar-refractivity contribution >= 4 is 49.1 Å². The Morgan fingerprint density at radius 1 is 1.33 bits per heavy atom. The molecule has 0 spiro atoms. The van der Waals surface area contributed by atoms with Crippen LogP contribution in [0.1, 0.15) is 0 Å². The molecular weight excluding hydrogens is 231 g/mol. The molecule has 0 aliphatic carbocycles. The first-order valence-electron chi connectivity index (χ1n) is 1.41. The maximum Gasteiger partial charge on any atom is 0.380 e. The second kappa shape index (κ2) is 2.95. The topological polar surface area (TPSA) is 66.7 Å². The fourth-order valence-electron chi connectivity index (χ4n) is 0.117. The summed E-state index contributed by atoms with van der Waals surface area (Å²) in [4.78, 5) is 0. The van der Waals surface area contributed by atoms with Gasteiger partial charge in [-0.15, -0.1) is 4.15 Å².